The van der Waals surface area contributed by atoms with E-state index in [2.05, 4.69) is 0 Å². The van der Waals surface area contributed by atoms with Gasteiger partial charge in [0.15, 0.2) is 0 Å². The second-order valence-corrected chi connectivity index (χ2v) is 4.04. The Kier molecular flexibility index (Phi) is 3.05. The number of hydrogen-bond acceptors (Lipinski definition) is 3. The van der Waals surface area contributed by atoms with E-state index in [1.54, 1.807) is 0 Å². The van der Waals surface area contributed by atoms with Crippen molar-refractivity contribution in [3.05, 3.63) is 35.9 Å². The second kappa shape index (κ2) is 4.31. The van der Waals surface area contributed by atoms with Crippen molar-refractivity contribution in [3.8, 4) is 0 Å². The van der Waals surface area contributed by atoms with E-state index in [1.165, 1.54) is 0 Å². The first-order chi connectivity index (χ1) is 7.24. The lowest BCUT2D eigenvalue weighted by molar-refractivity contribution is -0.0225. The Morgan fingerprint density at radius 3 is 2.47 bits per heavy atom. The largest absolute Gasteiger partial charge is 0.394 e. The number of hydrogen-bond donors (Lipinski definition) is 2. The summed E-state index contributed by atoms with van der Waals surface area (Å²) in [4.78, 5) is 0. The third kappa shape index (κ3) is 1.91. The van der Waals surface area contributed by atoms with Crippen LogP contribution in [0.1, 0.15) is 18.6 Å². The summed E-state index contributed by atoms with van der Waals surface area (Å²) in [6.45, 7) is 1.81. The lowest BCUT2D eigenvalue weighted by Gasteiger charge is -2.15. The zero-order valence-corrected chi connectivity index (χ0v) is 8.71. The number of aliphatic hydroxyl groups excluding tert-OH is 2. The van der Waals surface area contributed by atoms with Gasteiger partial charge in [-0.3, -0.25) is 0 Å². The summed E-state index contributed by atoms with van der Waals surface area (Å²) >= 11 is 0. The first-order valence-electron chi connectivity index (χ1n) is 5.23. The summed E-state index contributed by atoms with van der Waals surface area (Å²) < 4.78 is 5.62. The van der Waals surface area contributed by atoms with Crippen LogP contribution in [0, 0.1) is 5.92 Å². The molecule has 2 N–H and O–H groups in total. The molecule has 1 aliphatic heterocycles. The van der Waals surface area contributed by atoms with Crippen LogP contribution in [-0.2, 0) is 4.74 Å². The molecule has 0 amide bonds. The number of aliphatic hydroxyl groups is 2. The first-order valence-corrected chi connectivity index (χ1v) is 5.23. The van der Waals surface area contributed by atoms with Gasteiger partial charge in [0.1, 0.15) is 6.10 Å². The Bertz CT molecular complexity index is 312. The van der Waals surface area contributed by atoms with Gasteiger partial charge in [-0.25, -0.2) is 0 Å². The van der Waals surface area contributed by atoms with E-state index in [4.69, 9.17) is 9.84 Å². The van der Waals surface area contributed by atoms with E-state index < -0.39 is 12.2 Å². The molecule has 0 spiro atoms. The molecule has 3 heteroatoms. The zero-order chi connectivity index (χ0) is 10.8. The van der Waals surface area contributed by atoms with Crippen molar-refractivity contribution < 1.29 is 14.9 Å². The summed E-state index contributed by atoms with van der Waals surface area (Å²) in [5, 5.41) is 18.8. The molecule has 1 aliphatic rings. The zero-order valence-electron chi connectivity index (χ0n) is 8.71. The Labute approximate surface area is 89.3 Å². The SMILES string of the molecule is CC1C(c2ccccc2)OC(CO)C1O. The highest BCUT2D eigenvalue weighted by molar-refractivity contribution is 5.20. The van der Waals surface area contributed by atoms with Crippen molar-refractivity contribution in [2.45, 2.75) is 25.2 Å². The van der Waals surface area contributed by atoms with Crippen molar-refractivity contribution in [2.75, 3.05) is 6.61 Å². The quantitative estimate of drug-likeness (QED) is 0.765. The smallest absolute Gasteiger partial charge is 0.108 e. The summed E-state index contributed by atoms with van der Waals surface area (Å²) in [5.41, 5.74) is 1.06. The maximum Gasteiger partial charge on any atom is 0.108 e. The molecule has 4 atom stereocenters. The summed E-state index contributed by atoms with van der Waals surface area (Å²) in [5.74, 6) is 0.0181. The highest BCUT2D eigenvalue weighted by atomic mass is 16.5. The number of benzene rings is 1. The number of ether oxygens (including phenoxy) is 1. The molecule has 0 aliphatic carbocycles. The van der Waals surface area contributed by atoms with Crippen LogP contribution < -0.4 is 0 Å². The normalized spacial score (nSPS) is 35.7. The molecule has 4 unspecified atom stereocenters. The molecule has 0 aromatic heterocycles. The van der Waals surface area contributed by atoms with Crippen molar-refractivity contribution in [1.82, 2.24) is 0 Å². The minimum atomic E-state index is -0.583. The molecule has 0 radical (unpaired) electrons. The van der Waals surface area contributed by atoms with E-state index in [-0.39, 0.29) is 18.6 Å². The molecule has 2 rings (SSSR count). The molecular weight excluding hydrogens is 192 g/mol. The molecule has 1 aromatic rings. The highest BCUT2D eigenvalue weighted by Crippen LogP contribution is 2.37. The first kappa shape index (κ1) is 10.6. The molecule has 15 heavy (non-hydrogen) atoms. The molecule has 3 nitrogen and oxygen atoms in total. The fraction of sp³-hybridized carbons (Fsp3) is 0.500. The van der Waals surface area contributed by atoms with Gasteiger partial charge in [-0.1, -0.05) is 37.3 Å². The lowest BCUT2D eigenvalue weighted by Crippen LogP contribution is -2.27. The van der Waals surface area contributed by atoms with Crippen molar-refractivity contribution in [2.24, 2.45) is 5.92 Å². The Hall–Kier alpha value is -0.900. The van der Waals surface area contributed by atoms with Gasteiger partial charge in [0.2, 0.25) is 0 Å². The topological polar surface area (TPSA) is 49.7 Å². The fourth-order valence-electron chi connectivity index (χ4n) is 2.09. The molecular formula is C12H16O3. The van der Waals surface area contributed by atoms with Crippen LogP contribution in [0.5, 0.6) is 0 Å². The van der Waals surface area contributed by atoms with E-state index in [9.17, 15) is 5.11 Å². The van der Waals surface area contributed by atoms with Crippen molar-refractivity contribution >= 4 is 0 Å². The third-order valence-electron chi connectivity index (χ3n) is 3.03. The van der Waals surface area contributed by atoms with Crippen molar-refractivity contribution in [1.29, 1.82) is 0 Å². The Morgan fingerprint density at radius 1 is 1.27 bits per heavy atom. The van der Waals surface area contributed by atoms with E-state index >= 15 is 0 Å². The second-order valence-electron chi connectivity index (χ2n) is 4.04. The van der Waals surface area contributed by atoms with Crippen LogP contribution in [0.4, 0.5) is 0 Å². The van der Waals surface area contributed by atoms with Gasteiger partial charge in [-0.15, -0.1) is 0 Å². The van der Waals surface area contributed by atoms with Crippen LogP contribution >= 0.6 is 0 Å². The molecule has 1 fully saturated rings. The maximum atomic E-state index is 9.80. The van der Waals surface area contributed by atoms with E-state index in [0.717, 1.165) is 5.56 Å². The molecule has 82 valence electrons. The van der Waals surface area contributed by atoms with Gasteiger partial charge in [0.05, 0.1) is 18.8 Å². The van der Waals surface area contributed by atoms with Crippen LogP contribution in [0.3, 0.4) is 0 Å². The van der Waals surface area contributed by atoms with Gasteiger partial charge in [-0.2, -0.15) is 0 Å². The predicted molar refractivity (Wildman–Crippen MR) is 56.3 cm³/mol. The highest BCUT2D eigenvalue weighted by Gasteiger charge is 2.40. The van der Waals surface area contributed by atoms with Crippen LogP contribution in [0.25, 0.3) is 0 Å². The van der Waals surface area contributed by atoms with Gasteiger partial charge < -0.3 is 14.9 Å². The fourth-order valence-corrected chi connectivity index (χ4v) is 2.09. The van der Waals surface area contributed by atoms with Gasteiger partial charge in [0, 0.05) is 5.92 Å². The van der Waals surface area contributed by atoms with E-state index in [0.29, 0.717) is 0 Å². The maximum absolute atomic E-state index is 9.80. The van der Waals surface area contributed by atoms with Gasteiger partial charge in [-0.05, 0) is 5.56 Å². The number of rotatable bonds is 2. The average Bonchev–Trinajstić information content (AvgIpc) is 2.57. The summed E-state index contributed by atoms with van der Waals surface area (Å²) in [7, 11) is 0. The van der Waals surface area contributed by atoms with Crippen LogP contribution in [0.2, 0.25) is 0 Å². The Morgan fingerprint density at radius 2 is 1.93 bits per heavy atom. The van der Waals surface area contributed by atoms with Crippen molar-refractivity contribution in [3.63, 3.8) is 0 Å². The van der Waals surface area contributed by atoms with Gasteiger partial charge in [0.25, 0.3) is 0 Å². The Balaban J connectivity index is 2.19. The minimum Gasteiger partial charge on any atom is -0.394 e. The third-order valence-corrected chi connectivity index (χ3v) is 3.03. The van der Waals surface area contributed by atoms with Crippen LogP contribution in [-0.4, -0.2) is 29.0 Å². The standard InChI is InChI=1S/C12H16O3/c1-8-11(14)10(7-13)15-12(8)9-5-3-2-4-6-9/h2-6,8,10-14H,7H2,1H3. The minimum absolute atomic E-state index is 0.0181. The van der Waals surface area contributed by atoms with Crippen LogP contribution in [0.15, 0.2) is 30.3 Å². The summed E-state index contributed by atoms with van der Waals surface area (Å²) in [6, 6.07) is 9.80. The molecule has 0 bridgehead atoms. The molecule has 1 saturated heterocycles. The van der Waals surface area contributed by atoms with E-state index in [1.807, 2.05) is 37.3 Å². The molecule has 1 heterocycles. The lowest BCUT2D eigenvalue weighted by atomic mass is 9.94. The predicted octanol–water partition coefficient (Wildman–Crippen LogP) is 1.12. The summed E-state index contributed by atoms with van der Waals surface area (Å²) in [6.07, 6.45) is -1.15. The van der Waals surface area contributed by atoms with Gasteiger partial charge >= 0.3 is 0 Å². The monoisotopic (exact) mass is 208 g/mol. The average molecular weight is 208 g/mol. The molecule has 0 saturated carbocycles. The molecule has 1 aromatic carbocycles.